The summed E-state index contributed by atoms with van der Waals surface area (Å²) in [5.74, 6) is -1.02. The molecule has 0 saturated heterocycles. The molecule has 1 aromatic carbocycles. The first-order valence-corrected chi connectivity index (χ1v) is 4.59. The maximum atomic E-state index is 10.4. The molecule has 0 aliphatic heterocycles. The molecule has 0 fully saturated rings. The Balaban J connectivity index is 0.00000196. The van der Waals surface area contributed by atoms with Crippen molar-refractivity contribution in [2.24, 2.45) is 0 Å². The zero-order chi connectivity index (χ0) is 10.7. The van der Waals surface area contributed by atoms with Crippen molar-refractivity contribution < 1.29 is 66.0 Å². The average Bonchev–Trinajstić information content (AvgIpc) is 2.09. The fourth-order valence-electron chi connectivity index (χ4n) is 0.809. The van der Waals surface area contributed by atoms with E-state index in [1.807, 2.05) is 0 Å². The minimum atomic E-state index is -1.30. The van der Waals surface area contributed by atoms with Gasteiger partial charge in [-0.05, 0) is 25.1 Å². The van der Waals surface area contributed by atoms with E-state index in [2.05, 4.69) is 0 Å². The second kappa shape index (κ2) is 7.11. The van der Waals surface area contributed by atoms with Crippen molar-refractivity contribution in [1.29, 1.82) is 0 Å². The van der Waals surface area contributed by atoms with Crippen LogP contribution in [0.2, 0.25) is 10.0 Å². The van der Waals surface area contributed by atoms with Crippen LogP contribution in [0.15, 0.2) is 18.2 Å². The quantitative estimate of drug-likeness (QED) is 0.631. The summed E-state index contributed by atoms with van der Waals surface area (Å²) in [5, 5.41) is 11.1. The Hall–Kier alpha value is 0.706. The molecule has 6 heteroatoms. The third-order valence-electron chi connectivity index (χ3n) is 1.53. The first-order valence-electron chi connectivity index (χ1n) is 3.83. The summed E-state index contributed by atoms with van der Waals surface area (Å²) >= 11 is 11.4. The summed E-state index contributed by atoms with van der Waals surface area (Å²) in [6.07, 6.45) is -1.05. The van der Waals surface area contributed by atoms with Crippen molar-refractivity contribution in [1.82, 2.24) is 0 Å². The van der Waals surface area contributed by atoms with E-state index in [9.17, 15) is 9.90 Å². The number of carbonyl (C=O) groups is 1. The molecule has 0 saturated carbocycles. The summed E-state index contributed by atoms with van der Waals surface area (Å²) in [5.41, 5.74) is 0. The third kappa shape index (κ3) is 5.04. The number of carbonyl (C=O) groups excluding carboxylic acids is 1. The van der Waals surface area contributed by atoms with Crippen LogP contribution < -0.4 is 61.2 Å². The fourth-order valence-corrected chi connectivity index (χ4v) is 1.26. The van der Waals surface area contributed by atoms with Crippen LogP contribution in [-0.2, 0) is 4.79 Å². The molecule has 1 atom stereocenters. The van der Waals surface area contributed by atoms with Gasteiger partial charge in [0, 0.05) is 5.02 Å². The van der Waals surface area contributed by atoms with Crippen LogP contribution in [0.3, 0.4) is 0 Å². The first-order chi connectivity index (χ1) is 6.50. The molecule has 0 spiro atoms. The Morgan fingerprint density at radius 1 is 1.47 bits per heavy atom. The second-order valence-corrected chi connectivity index (χ2v) is 3.50. The van der Waals surface area contributed by atoms with Crippen molar-refractivity contribution in [3.63, 3.8) is 0 Å². The summed E-state index contributed by atoms with van der Waals surface area (Å²) in [7, 11) is 0. The summed E-state index contributed by atoms with van der Waals surface area (Å²) in [6, 6.07) is 4.54. The molecule has 0 aliphatic carbocycles. The van der Waals surface area contributed by atoms with Crippen molar-refractivity contribution in [2.75, 3.05) is 0 Å². The van der Waals surface area contributed by atoms with Gasteiger partial charge in [-0.3, -0.25) is 0 Å². The Kier molecular flexibility index (Phi) is 7.45. The molecule has 0 aromatic heterocycles. The van der Waals surface area contributed by atoms with Gasteiger partial charge >= 0.3 is 51.4 Å². The molecule has 1 aromatic rings. The van der Waals surface area contributed by atoms with E-state index < -0.39 is 12.1 Å². The number of hydrogen-bond donors (Lipinski definition) is 0. The summed E-state index contributed by atoms with van der Waals surface area (Å²) < 4.78 is 5.01. The van der Waals surface area contributed by atoms with Crippen LogP contribution in [0.1, 0.15) is 6.92 Å². The Morgan fingerprint density at radius 2 is 2.07 bits per heavy atom. The van der Waals surface area contributed by atoms with Gasteiger partial charge in [0.1, 0.15) is 11.9 Å². The van der Waals surface area contributed by atoms with Gasteiger partial charge in [0.15, 0.2) is 0 Å². The molecule has 0 N–H and O–H groups in total. The van der Waals surface area contributed by atoms with E-state index in [0.29, 0.717) is 5.02 Å². The van der Waals surface area contributed by atoms with Gasteiger partial charge in [0.2, 0.25) is 0 Å². The van der Waals surface area contributed by atoms with Crippen LogP contribution in [0.5, 0.6) is 5.75 Å². The van der Waals surface area contributed by atoms with Gasteiger partial charge in [-0.2, -0.15) is 0 Å². The molecular formula is C9H7Cl2KO3. The molecular weight excluding hydrogens is 266 g/mol. The van der Waals surface area contributed by atoms with Gasteiger partial charge < -0.3 is 14.6 Å². The molecule has 1 rings (SSSR count). The van der Waals surface area contributed by atoms with Crippen LogP contribution in [0, 0.1) is 0 Å². The van der Waals surface area contributed by atoms with E-state index in [1.54, 1.807) is 6.07 Å². The van der Waals surface area contributed by atoms with E-state index >= 15 is 0 Å². The molecule has 0 radical (unpaired) electrons. The number of carboxylic acids is 1. The molecule has 0 unspecified atom stereocenters. The first kappa shape index (κ1) is 15.7. The van der Waals surface area contributed by atoms with Gasteiger partial charge in [-0.1, -0.05) is 23.2 Å². The van der Waals surface area contributed by atoms with Crippen molar-refractivity contribution >= 4 is 29.2 Å². The zero-order valence-corrected chi connectivity index (χ0v) is 12.9. The van der Waals surface area contributed by atoms with Crippen LogP contribution >= 0.6 is 23.2 Å². The molecule has 0 aliphatic rings. The Labute approximate surface area is 140 Å². The van der Waals surface area contributed by atoms with Crippen LogP contribution in [0.25, 0.3) is 0 Å². The normalized spacial score (nSPS) is 11.4. The number of hydrogen-bond acceptors (Lipinski definition) is 3. The smallest absolute Gasteiger partial charge is 0.546 e. The van der Waals surface area contributed by atoms with E-state index in [0.717, 1.165) is 0 Å². The molecule has 0 amide bonds. The van der Waals surface area contributed by atoms with Crippen molar-refractivity contribution in [3.05, 3.63) is 28.2 Å². The number of carboxylic acid groups (broad SMARTS) is 1. The van der Waals surface area contributed by atoms with Gasteiger partial charge in [-0.25, -0.2) is 0 Å². The maximum absolute atomic E-state index is 10.4. The van der Waals surface area contributed by atoms with Gasteiger partial charge in [-0.15, -0.1) is 0 Å². The SMILES string of the molecule is C[C@@H](Oc1ccc(Cl)cc1Cl)C(=O)[O-].[K+]. The number of aliphatic carboxylic acids is 1. The summed E-state index contributed by atoms with van der Waals surface area (Å²) in [4.78, 5) is 10.4. The van der Waals surface area contributed by atoms with Crippen LogP contribution in [0.4, 0.5) is 0 Å². The largest absolute Gasteiger partial charge is 1.00 e. The topological polar surface area (TPSA) is 49.4 Å². The third-order valence-corrected chi connectivity index (χ3v) is 2.06. The fraction of sp³-hybridized carbons (Fsp3) is 0.222. The zero-order valence-electron chi connectivity index (χ0n) is 8.29. The summed E-state index contributed by atoms with van der Waals surface area (Å²) in [6.45, 7) is 1.36. The molecule has 0 heterocycles. The number of ether oxygens (including phenoxy) is 1. The van der Waals surface area contributed by atoms with Crippen LogP contribution in [-0.4, -0.2) is 12.1 Å². The Bertz CT molecular complexity index is 357. The standard InChI is InChI=1S/C9H8Cl2O3.K/c1-5(9(12)13)14-8-3-2-6(10)4-7(8)11;/h2-5H,1H3,(H,12,13);/q;+1/p-1/t5-;/m1./s1. The maximum Gasteiger partial charge on any atom is 1.00 e. The molecule has 15 heavy (non-hydrogen) atoms. The van der Waals surface area contributed by atoms with Gasteiger partial charge in [0.25, 0.3) is 0 Å². The Morgan fingerprint density at radius 3 is 2.53 bits per heavy atom. The minimum Gasteiger partial charge on any atom is -0.546 e. The predicted molar refractivity (Wildman–Crippen MR) is 51.6 cm³/mol. The molecule has 76 valence electrons. The number of halogens is 2. The minimum absolute atomic E-state index is 0. The van der Waals surface area contributed by atoms with E-state index in [-0.39, 0.29) is 62.2 Å². The monoisotopic (exact) mass is 272 g/mol. The van der Waals surface area contributed by atoms with Gasteiger partial charge in [0.05, 0.1) is 11.0 Å². The van der Waals surface area contributed by atoms with Crippen molar-refractivity contribution in [3.8, 4) is 5.75 Å². The average molecular weight is 273 g/mol. The van der Waals surface area contributed by atoms with E-state index in [1.165, 1.54) is 19.1 Å². The second-order valence-electron chi connectivity index (χ2n) is 2.65. The van der Waals surface area contributed by atoms with E-state index in [4.69, 9.17) is 27.9 Å². The number of rotatable bonds is 3. The molecule has 0 bridgehead atoms. The number of benzene rings is 1. The van der Waals surface area contributed by atoms with Crippen molar-refractivity contribution in [2.45, 2.75) is 13.0 Å². The molecule has 3 nitrogen and oxygen atoms in total. The predicted octanol–water partition coefficient (Wildman–Crippen LogP) is -1.49.